The Balaban J connectivity index is 1.24. The van der Waals surface area contributed by atoms with E-state index in [4.69, 9.17) is 0 Å². The predicted molar refractivity (Wildman–Crippen MR) is 138 cm³/mol. The number of rotatable bonds is 3. The average Bonchev–Trinajstić information content (AvgIpc) is 3.52. The highest BCUT2D eigenvalue weighted by molar-refractivity contribution is 6.09. The van der Waals surface area contributed by atoms with Crippen molar-refractivity contribution >= 4 is 28.1 Å². The Bertz CT molecular complexity index is 1390. The molecule has 3 heteroatoms. The summed E-state index contributed by atoms with van der Waals surface area (Å²) in [6, 6.07) is 31.8. The van der Waals surface area contributed by atoms with E-state index in [1.54, 1.807) is 0 Å². The molecule has 0 saturated heterocycles. The lowest BCUT2D eigenvalue weighted by molar-refractivity contribution is 0.102. The largest absolute Gasteiger partial charge is 0.378 e. The van der Waals surface area contributed by atoms with Crippen molar-refractivity contribution in [3.8, 4) is 0 Å². The van der Waals surface area contributed by atoms with Crippen LogP contribution in [-0.4, -0.2) is 5.91 Å². The Morgan fingerprint density at radius 3 is 2.53 bits per heavy atom. The molecular weight excluding hydrogens is 416 g/mol. The summed E-state index contributed by atoms with van der Waals surface area (Å²) in [5.74, 6) is 2.60. The Kier molecular flexibility index (Phi) is 4.51. The third-order valence-corrected chi connectivity index (χ3v) is 8.55. The van der Waals surface area contributed by atoms with Crippen molar-refractivity contribution in [2.24, 2.45) is 17.8 Å². The van der Waals surface area contributed by atoms with Crippen LogP contribution in [0.3, 0.4) is 0 Å². The van der Waals surface area contributed by atoms with Crippen molar-refractivity contribution in [2.45, 2.75) is 31.2 Å². The summed E-state index contributed by atoms with van der Waals surface area (Å²) >= 11 is 0. The molecule has 2 N–H and O–H groups in total. The second-order valence-corrected chi connectivity index (χ2v) is 10.3. The van der Waals surface area contributed by atoms with Gasteiger partial charge in [0.1, 0.15) is 0 Å². The molecule has 3 aliphatic rings. The summed E-state index contributed by atoms with van der Waals surface area (Å²) in [6.45, 7) is 0. The minimum Gasteiger partial charge on any atom is -0.378 e. The van der Waals surface area contributed by atoms with Crippen LogP contribution in [0.2, 0.25) is 0 Å². The second kappa shape index (κ2) is 7.73. The summed E-state index contributed by atoms with van der Waals surface area (Å²) < 4.78 is 0. The highest BCUT2D eigenvalue weighted by Crippen LogP contribution is 2.63. The summed E-state index contributed by atoms with van der Waals surface area (Å²) in [5.41, 5.74) is 5.53. The van der Waals surface area contributed by atoms with Crippen LogP contribution in [-0.2, 0) is 0 Å². The topological polar surface area (TPSA) is 41.1 Å². The fourth-order valence-corrected chi connectivity index (χ4v) is 7.15. The third kappa shape index (κ3) is 3.07. The summed E-state index contributed by atoms with van der Waals surface area (Å²) in [7, 11) is 0. The molecule has 2 bridgehead atoms. The molecule has 4 aromatic rings. The number of benzene rings is 4. The number of nitrogens with one attached hydrogen (secondary N) is 2. The number of hydrogen-bond donors (Lipinski definition) is 2. The number of amides is 1. The van der Waals surface area contributed by atoms with E-state index in [1.807, 2.05) is 30.3 Å². The Morgan fingerprint density at radius 2 is 1.62 bits per heavy atom. The van der Waals surface area contributed by atoms with Crippen molar-refractivity contribution in [1.29, 1.82) is 0 Å². The maximum Gasteiger partial charge on any atom is 0.255 e. The molecule has 2 saturated carbocycles. The van der Waals surface area contributed by atoms with Gasteiger partial charge in [0.25, 0.3) is 5.91 Å². The molecule has 0 aromatic heterocycles. The van der Waals surface area contributed by atoms with E-state index < -0.39 is 0 Å². The SMILES string of the molecule is O=C(Nc1cccc2ccccc12)c1ccc2c(c1)[C@@H]1[C@H]3CC[C@@H](C3)[C@@H]1[C@@H](c1ccccc1)N2. The number of carbonyl (C=O) groups is 1. The van der Waals surface area contributed by atoms with Gasteiger partial charge in [-0.2, -0.15) is 0 Å². The second-order valence-electron chi connectivity index (χ2n) is 10.3. The highest BCUT2D eigenvalue weighted by atomic mass is 16.1. The van der Waals surface area contributed by atoms with E-state index >= 15 is 0 Å². The molecule has 34 heavy (non-hydrogen) atoms. The summed E-state index contributed by atoms with van der Waals surface area (Å²) in [5, 5.41) is 9.25. The zero-order valence-corrected chi connectivity index (χ0v) is 19.1. The van der Waals surface area contributed by atoms with Crippen molar-refractivity contribution in [3.63, 3.8) is 0 Å². The van der Waals surface area contributed by atoms with E-state index in [-0.39, 0.29) is 5.91 Å². The number of fused-ring (bicyclic) bond motifs is 8. The van der Waals surface area contributed by atoms with Gasteiger partial charge in [0.05, 0.1) is 6.04 Å². The molecule has 3 nitrogen and oxygen atoms in total. The standard InChI is InChI=1S/C31H28N2O/c34-31(33-26-12-6-10-19-7-4-5-11-24(19)26)23-15-16-27-25(18-23)28-21-13-14-22(17-21)29(28)30(32-27)20-8-2-1-3-9-20/h1-12,15-16,18,21-22,28-30,32H,13-14,17H2,(H,33,34)/t21-,22-,28-,29-,30+/m0/s1. The molecule has 7 rings (SSSR count). The number of anilines is 2. The van der Waals surface area contributed by atoms with Gasteiger partial charge in [-0.15, -0.1) is 0 Å². The van der Waals surface area contributed by atoms with Gasteiger partial charge < -0.3 is 10.6 Å². The molecule has 1 aliphatic heterocycles. The third-order valence-electron chi connectivity index (χ3n) is 8.55. The predicted octanol–water partition coefficient (Wildman–Crippen LogP) is 7.39. The smallest absolute Gasteiger partial charge is 0.255 e. The molecular formula is C31H28N2O. The van der Waals surface area contributed by atoms with E-state index in [2.05, 4.69) is 71.3 Å². The minimum atomic E-state index is -0.0379. The lowest BCUT2D eigenvalue weighted by Gasteiger charge is -2.43. The monoisotopic (exact) mass is 444 g/mol. The van der Waals surface area contributed by atoms with Crippen LogP contribution < -0.4 is 10.6 Å². The highest BCUT2D eigenvalue weighted by Gasteiger charge is 2.53. The molecule has 4 aromatic carbocycles. The van der Waals surface area contributed by atoms with Crippen LogP contribution in [0.1, 0.15) is 52.7 Å². The van der Waals surface area contributed by atoms with Crippen LogP contribution in [0.5, 0.6) is 0 Å². The van der Waals surface area contributed by atoms with Crippen molar-refractivity contribution in [2.75, 3.05) is 10.6 Å². The molecule has 0 radical (unpaired) electrons. The van der Waals surface area contributed by atoms with E-state index in [0.717, 1.165) is 33.9 Å². The molecule has 1 amide bonds. The van der Waals surface area contributed by atoms with E-state index in [1.165, 1.54) is 36.1 Å². The normalized spacial score (nSPS) is 26.5. The van der Waals surface area contributed by atoms with Crippen LogP contribution in [0.25, 0.3) is 10.8 Å². The van der Waals surface area contributed by atoms with Gasteiger partial charge >= 0.3 is 0 Å². The van der Waals surface area contributed by atoms with Gasteiger partial charge in [-0.1, -0.05) is 66.7 Å². The van der Waals surface area contributed by atoms with Crippen LogP contribution in [0.15, 0.2) is 91.0 Å². The molecule has 2 fully saturated rings. The van der Waals surface area contributed by atoms with Crippen LogP contribution >= 0.6 is 0 Å². The molecule has 168 valence electrons. The Hall–Kier alpha value is -3.59. The minimum absolute atomic E-state index is 0.0379. The first-order chi connectivity index (χ1) is 16.8. The molecule has 2 aliphatic carbocycles. The molecule has 5 atom stereocenters. The van der Waals surface area contributed by atoms with Gasteiger partial charge in [0.2, 0.25) is 0 Å². The summed E-state index contributed by atoms with van der Waals surface area (Å²) in [6.07, 6.45) is 3.98. The van der Waals surface area contributed by atoms with Crippen molar-refractivity contribution < 1.29 is 4.79 Å². The first-order valence-corrected chi connectivity index (χ1v) is 12.5. The average molecular weight is 445 g/mol. The van der Waals surface area contributed by atoms with Gasteiger partial charge in [0, 0.05) is 22.3 Å². The quantitative estimate of drug-likeness (QED) is 0.346. The maximum absolute atomic E-state index is 13.3. The van der Waals surface area contributed by atoms with Crippen molar-refractivity contribution in [3.05, 3.63) is 108 Å². The number of carbonyl (C=O) groups excluding carboxylic acids is 1. The maximum atomic E-state index is 13.3. The molecule has 1 heterocycles. The lowest BCUT2D eigenvalue weighted by Crippen LogP contribution is -2.35. The lowest BCUT2D eigenvalue weighted by atomic mass is 9.68. The van der Waals surface area contributed by atoms with Gasteiger partial charge in [-0.25, -0.2) is 0 Å². The Morgan fingerprint density at radius 1 is 0.824 bits per heavy atom. The fraction of sp³-hybridized carbons (Fsp3) is 0.258. The van der Waals surface area contributed by atoms with Crippen molar-refractivity contribution in [1.82, 2.24) is 0 Å². The van der Waals surface area contributed by atoms with Gasteiger partial charge in [-0.05, 0) is 83.7 Å². The zero-order chi connectivity index (χ0) is 22.6. The first-order valence-electron chi connectivity index (χ1n) is 12.5. The van der Waals surface area contributed by atoms with E-state index in [0.29, 0.717) is 17.9 Å². The fourth-order valence-electron chi connectivity index (χ4n) is 7.15. The van der Waals surface area contributed by atoms with Crippen LogP contribution in [0.4, 0.5) is 11.4 Å². The van der Waals surface area contributed by atoms with Gasteiger partial charge in [0.15, 0.2) is 0 Å². The molecule has 0 unspecified atom stereocenters. The van der Waals surface area contributed by atoms with Crippen LogP contribution in [0, 0.1) is 17.8 Å². The van der Waals surface area contributed by atoms with E-state index in [9.17, 15) is 4.79 Å². The molecule has 0 spiro atoms. The Labute approximate surface area is 200 Å². The number of hydrogen-bond acceptors (Lipinski definition) is 2. The zero-order valence-electron chi connectivity index (χ0n) is 19.1. The first kappa shape index (κ1) is 19.8. The van der Waals surface area contributed by atoms with Gasteiger partial charge in [-0.3, -0.25) is 4.79 Å². The summed E-state index contributed by atoms with van der Waals surface area (Å²) in [4.78, 5) is 13.3.